The van der Waals surface area contributed by atoms with Crippen molar-refractivity contribution in [2.45, 2.75) is 0 Å². The van der Waals surface area contributed by atoms with Gasteiger partial charge in [0.05, 0.1) is 0 Å². The number of aromatic nitrogens is 1. The highest BCUT2D eigenvalue weighted by molar-refractivity contribution is 6.01. The van der Waals surface area contributed by atoms with Gasteiger partial charge in [0.1, 0.15) is 0 Å². The molecule has 124 valence electrons. The van der Waals surface area contributed by atoms with E-state index in [0.717, 1.165) is 37.4 Å². The normalized spacial score (nSPS) is 15.6. The molecule has 1 N–H and O–H groups in total. The zero-order valence-corrected chi connectivity index (χ0v) is 13.9. The Kier molecular flexibility index (Phi) is 5.23. The molecule has 0 radical (unpaired) electrons. The fourth-order valence-corrected chi connectivity index (χ4v) is 2.65. The van der Waals surface area contributed by atoms with Gasteiger partial charge in [-0.05, 0) is 55.1 Å². The number of carbonyl (C=O) groups excluding carboxylic acids is 1. The van der Waals surface area contributed by atoms with Crippen molar-refractivity contribution in [1.29, 1.82) is 0 Å². The number of anilines is 2. The molecule has 0 atom stereocenters. The van der Waals surface area contributed by atoms with Crippen molar-refractivity contribution in [2.24, 2.45) is 0 Å². The quantitative estimate of drug-likeness (QED) is 0.879. The standard InChI is InChI=1S/C19H22N4O/c1-22-12-14-23(15-13-22)18-5-3-17(4-6-18)21-19(24)7-2-16-8-10-20-11-9-16/h2-11H,12-15H2,1H3,(H,21,24)/b7-2+. The van der Waals surface area contributed by atoms with Crippen molar-refractivity contribution in [3.63, 3.8) is 0 Å². The average Bonchev–Trinajstić information content (AvgIpc) is 2.62. The molecular weight excluding hydrogens is 300 g/mol. The van der Waals surface area contributed by atoms with Crippen LogP contribution in [-0.4, -0.2) is 49.0 Å². The van der Waals surface area contributed by atoms with Gasteiger partial charge in [-0.2, -0.15) is 0 Å². The van der Waals surface area contributed by atoms with E-state index in [1.54, 1.807) is 18.5 Å². The summed E-state index contributed by atoms with van der Waals surface area (Å²) < 4.78 is 0. The van der Waals surface area contributed by atoms with E-state index < -0.39 is 0 Å². The summed E-state index contributed by atoms with van der Waals surface area (Å²) >= 11 is 0. The SMILES string of the molecule is CN1CCN(c2ccc(NC(=O)/C=C/c3ccncc3)cc2)CC1. The predicted molar refractivity (Wildman–Crippen MR) is 98.1 cm³/mol. The average molecular weight is 322 g/mol. The van der Waals surface area contributed by atoms with Crippen LogP contribution >= 0.6 is 0 Å². The summed E-state index contributed by atoms with van der Waals surface area (Å²) in [6.45, 7) is 4.24. The van der Waals surface area contributed by atoms with Gasteiger partial charge in [-0.25, -0.2) is 0 Å². The maximum atomic E-state index is 12.0. The molecule has 0 aliphatic carbocycles. The van der Waals surface area contributed by atoms with Gasteiger partial charge in [0.25, 0.3) is 0 Å². The lowest BCUT2D eigenvalue weighted by Gasteiger charge is -2.34. The highest BCUT2D eigenvalue weighted by Crippen LogP contribution is 2.19. The maximum absolute atomic E-state index is 12.0. The van der Waals surface area contributed by atoms with Crippen LogP contribution in [0.25, 0.3) is 6.08 Å². The zero-order chi connectivity index (χ0) is 16.8. The van der Waals surface area contributed by atoms with Gasteiger partial charge in [-0.3, -0.25) is 9.78 Å². The summed E-state index contributed by atoms with van der Waals surface area (Å²) in [6.07, 6.45) is 6.71. The third-order valence-electron chi connectivity index (χ3n) is 4.14. The van der Waals surface area contributed by atoms with Crippen LogP contribution in [0.4, 0.5) is 11.4 Å². The molecule has 0 saturated carbocycles. The van der Waals surface area contributed by atoms with Gasteiger partial charge in [0.15, 0.2) is 0 Å². The second kappa shape index (κ2) is 7.75. The Labute approximate surface area is 142 Å². The van der Waals surface area contributed by atoms with Crippen LogP contribution in [0.3, 0.4) is 0 Å². The van der Waals surface area contributed by atoms with Crippen molar-refractivity contribution < 1.29 is 4.79 Å². The first-order valence-electron chi connectivity index (χ1n) is 8.13. The van der Waals surface area contributed by atoms with Gasteiger partial charge in [0.2, 0.25) is 5.91 Å². The smallest absolute Gasteiger partial charge is 0.248 e. The lowest BCUT2D eigenvalue weighted by Crippen LogP contribution is -2.44. The summed E-state index contributed by atoms with van der Waals surface area (Å²) in [5, 5.41) is 2.88. The molecule has 0 unspecified atom stereocenters. The first-order valence-corrected chi connectivity index (χ1v) is 8.13. The minimum atomic E-state index is -0.140. The van der Waals surface area contributed by atoms with Crippen molar-refractivity contribution >= 4 is 23.4 Å². The van der Waals surface area contributed by atoms with Crippen LogP contribution in [0.15, 0.2) is 54.9 Å². The van der Waals surface area contributed by atoms with E-state index in [-0.39, 0.29) is 5.91 Å². The molecule has 1 aromatic heterocycles. The molecule has 24 heavy (non-hydrogen) atoms. The fraction of sp³-hybridized carbons (Fsp3) is 0.263. The molecule has 5 heteroatoms. The number of hydrogen-bond donors (Lipinski definition) is 1. The molecule has 1 amide bonds. The number of piperazine rings is 1. The molecule has 1 aliphatic rings. The number of benzene rings is 1. The molecule has 1 fully saturated rings. The van der Waals surface area contributed by atoms with Crippen LogP contribution in [0.1, 0.15) is 5.56 Å². The second-order valence-electron chi connectivity index (χ2n) is 5.94. The Morgan fingerprint density at radius 2 is 1.71 bits per heavy atom. The summed E-state index contributed by atoms with van der Waals surface area (Å²) in [6, 6.07) is 11.7. The van der Waals surface area contributed by atoms with E-state index in [9.17, 15) is 4.79 Å². The van der Waals surface area contributed by atoms with Crippen LogP contribution in [-0.2, 0) is 4.79 Å². The Balaban J connectivity index is 1.56. The first kappa shape index (κ1) is 16.2. The van der Waals surface area contributed by atoms with E-state index in [4.69, 9.17) is 0 Å². The monoisotopic (exact) mass is 322 g/mol. The Morgan fingerprint density at radius 1 is 1.04 bits per heavy atom. The number of rotatable bonds is 4. The number of amides is 1. The number of nitrogens with zero attached hydrogens (tertiary/aromatic N) is 3. The van der Waals surface area contributed by atoms with Crippen LogP contribution < -0.4 is 10.2 Å². The van der Waals surface area contributed by atoms with E-state index in [2.05, 4.69) is 39.3 Å². The highest BCUT2D eigenvalue weighted by Gasteiger charge is 2.13. The van der Waals surface area contributed by atoms with Crippen molar-refractivity contribution in [1.82, 2.24) is 9.88 Å². The van der Waals surface area contributed by atoms with Crippen molar-refractivity contribution in [2.75, 3.05) is 43.4 Å². The molecule has 0 bridgehead atoms. The molecule has 1 aliphatic heterocycles. The van der Waals surface area contributed by atoms with E-state index in [1.807, 2.05) is 24.3 Å². The van der Waals surface area contributed by atoms with Crippen LogP contribution in [0, 0.1) is 0 Å². The van der Waals surface area contributed by atoms with Crippen LogP contribution in [0.5, 0.6) is 0 Å². The number of pyridine rings is 1. The maximum Gasteiger partial charge on any atom is 0.248 e. The Bertz CT molecular complexity index is 689. The summed E-state index contributed by atoms with van der Waals surface area (Å²) in [4.78, 5) is 20.6. The van der Waals surface area contributed by atoms with E-state index in [1.165, 1.54) is 11.8 Å². The number of likely N-dealkylation sites (N-methyl/N-ethyl adjacent to an activating group) is 1. The third kappa shape index (κ3) is 4.43. The van der Waals surface area contributed by atoms with Gasteiger partial charge in [-0.15, -0.1) is 0 Å². The molecule has 1 saturated heterocycles. The number of nitrogens with one attached hydrogen (secondary N) is 1. The lowest BCUT2D eigenvalue weighted by atomic mass is 10.2. The molecule has 3 rings (SSSR count). The van der Waals surface area contributed by atoms with Gasteiger partial charge >= 0.3 is 0 Å². The largest absolute Gasteiger partial charge is 0.369 e. The van der Waals surface area contributed by atoms with Crippen molar-refractivity contribution in [3.8, 4) is 0 Å². The highest BCUT2D eigenvalue weighted by atomic mass is 16.1. The minimum Gasteiger partial charge on any atom is -0.369 e. The first-order chi connectivity index (χ1) is 11.7. The molecule has 5 nitrogen and oxygen atoms in total. The molecular formula is C19H22N4O. The molecule has 1 aromatic carbocycles. The topological polar surface area (TPSA) is 48.5 Å². The van der Waals surface area contributed by atoms with Gasteiger partial charge in [0, 0.05) is 56.0 Å². The molecule has 0 spiro atoms. The molecule has 2 heterocycles. The van der Waals surface area contributed by atoms with Crippen LogP contribution in [0.2, 0.25) is 0 Å². The Morgan fingerprint density at radius 3 is 2.38 bits per heavy atom. The fourth-order valence-electron chi connectivity index (χ4n) is 2.65. The van der Waals surface area contributed by atoms with Gasteiger partial charge < -0.3 is 15.1 Å². The Hall–Kier alpha value is -2.66. The second-order valence-corrected chi connectivity index (χ2v) is 5.94. The van der Waals surface area contributed by atoms with Gasteiger partial charge in [-0.1, -0.05) is 0 Å². The zero-order valence-electron chi connectivity index (χ0n) is 13.9. The van der Waals surface area contributed by atoms with E-state index in [0.29, 0.717) is 0 Å². The summed E-state index contributed by atoms with van der Waals surface area (Å²) in [7, 11) is 2.15. The minimum absolute atomic E-state index is 0.140. The summed E-state index contributed by atoms with van der Waals surface area (Å²) in [5.41, 5.74) is 2.95. The van der Waals surface area contributed by atoms with Crippen molar-refractivity contribution in [3.05, 3.63) is 60.4 Å². The van der Waals surface area contributed by atoms with E-state index >= 15 is 0 Å². The number of hydrogen-bond acceptors (Lipinski definition) is 4. The number of carbonyl (C=O) groups is 1. The summed E-state index contributed by atoms with van der Waals surface area (Å²) in [5.74, 6) is -0.140. The molecule has 2 aromatic rings. The lowest BCUT2D eigenvalue weighted by molar-refractivity contribution is -0.111. The predicted octanol–water partition coefficient (Wildman–Crippen LogP) is 2.49. The third-order valence-corrected chi connectivity index (χ3v) is 4.14.